The Kier molecular flexibility index (Phi) is 5.66. The second-order valence-corrected chi connectivity index (χ2v) is 6.88. The van der Waals surface area contributed by atoms with E-state index in [2.05, 4.69) is 10.1 Å². The van der Waals surface area contributed by atoms with E-state index in [1.54, 1.807) is 4.90 Å². The second-order valence-electron chi connectivity index (χ2n) is 6.88. The highest BCUT2D eigenvalue weighted by Gasteiger charge is 2.26. The maximum Gasteiger partial charge on any atom is 0.222 e. The SMILES string of the molecule is Cc1cc(CN(C)C2CCC(=O)N(Cc3ccc(F)cc3F)CC2)on1. The summed E-state index contributed by atoms with van der Waals surface area (Å²) in [4.78, 5) is 16.2. The molecule has 7 heteroatoms. The van der Waals surface area contributed by atoms with E-state index in [0.717, 1.165) is 30.4 Å². The van der Waals surface area contributed by atoms with E-state index in [1.807, 2.05) is 20.0 Å². The predicted octanol–water partition coefficient (Wildman–Crippen LogP) is 3.27. The first-order chi connectivity index (χ1) is 12.4. The van der Waals surface area contributed by atoms with Crippen molar-refractivity contribution in [1.29, 1.82) is 0 Å². The van der Waals surface area contributed by atoms with Crippen molar-refractivity contribution >= 4 is 5.91 Å². The Labute approximate surface area is 151 Å². The Morgan fingerprint density at radius 3 is 2.81 bits per heavy atom. The van der Waals surface area contributed by atoms with Crippen LogP contribution in [0.3, 0.4) is 0 Å². The highest BCUT2D eigenvalue weighted by atomic mass is 19.1. The van der Waals surface area contributed by atoms with E-state index in [4.69, 9.17) is 4.52 Å². The summed E-state index contributed by atoms with van der Waals surface area (Å²) in [5, 5.41) is 3.89. The summed E-state index contributed by atoms with van der Waals surface area (Å²) in [7, 11) is 2.00. The van der Waals surface area contributed by atoms with Crippen molar-refractivity contribution in [3.05, 3.63) is 52.9 Å². The summed E-state index contributed by atoms with van der Waals surface area (Å²) >= 11 is 0. The van der Waals surface area contributed by atoms with Gasteiger partial charge in [0.25, 0.3) is 0 Å². The molecule has 0 spiro atoms. The van der Waals surface area contributed by atoms with Crippen LogP contribution < -0.4 is 0 Å². The lowest BCUT2D eigenvalue weighted by Crippen LogP contribution is -2.33. The fourth-order valence-electron chi connectivity index (χ4n) is 3.35. The molecule has 0 aliphatic carbocycles. The maximum absolute atomic E-state index is 13.9. The van der Waals surface area contributed by atoms with Crippen LogP contribution in [-0.2, 0) is 17.9 Å². The highest BCUT2D eigenvalue weighted by molar-refractivity contribution is 5.76. The van der Waals surface area contributed by atoms with E-state index in [-0.39, 0.29) is 18.5 Å². The lowest BCUT2D eigenvalue weighted by Gasteiger charge is -2.26. The normalized spacial score (nSPS) is 18.4. The van der Waals surface area contributed by atoms with Crippen LogP contribution in [-0.4, -0.2) is 40.5 Å². The molecule has 26 heavy (non-hydrogen) atoms. The monoisotopic (exact) mass is 363 g/mol. The summed E-state index contributed by atoms with van der Waals surface area (Å²) in [5.41, 5.74) is 1.18. The van der Waals surface area contributed by atoms with Gasteiger partial charge in [-0.1, -0.05) is 11.2 Å². The molecule has 0 N–H and O–H groups in total. The largest absolute Gasteiger partial charge is 0.360 e. The van der Waals surface area contributed by atoms with Gasteiger partial charge in [0.15, 0.2) is 5.76 Å². The van der Waals surface area contributed by atoms with Crippen LogP contribution in [0.2, 0.25) is 0 Å². The van der Waals surface area contributed by atoms with E-state index in [0.29, 0.717) is 25.1 Å². The van der Waals surface area contributed by atoms with Crippen LogP contribution in [0.15, 0.2) is 28.8 Å². The molecule has 1 saturated heterocycles. The van der Waals surface area contributed by atoms with Crippen LogP contribution in [0, 0.1) is 18.6 Å². The first kappa shape index (κ1) is 18.5. The zero-order chi connectivity index (χ0) is 18.7. The smallest absolute Gasteiger partial charge is 0.222 e. The van der Waals surface area contributed by atoms with Crippen molar-refractivity contribution in [3.8, 4) is 0 Å². The predicted molar refractivity (Wildman–Crippen MR) is 92.1 cm³/mol. The average Bonchev–Trinajstić information content (AvgIpc) is 2.90. The topological polar surface area (TPSA) is 49.6 Å². The molecule has 3 rings (SSSR count). The zero-order valence-electron chi connectivity index (χ0n) is 15.0. The van der Waals surface area contributed by atoms with Gasteiger partial charge in [-0.05, 0) is 32.9 Å². The molecule has 0 bridgehead atoms. The van der Waals surface area contributed by atoms with Crippen molar-refractivity contribution in [2.75, 3.05) is 13.6 Å². The number of carbonyl (C=O) groups is 1. The fraction of sp³-hybridized carbons (Fsp3) is 0.474. The third kappa shape index (κ3) is 4.46. The summed E-state index contributed by atoms with van der Waals surface area (Å²) in [6, 6.07) is 5.61. The Morgan fingerprint density at radius 2 is 2.12 bits per heavy atom. The third-order valence-corrected chi connectivity index (χ3v) is 4.86. The Bertz CT molecular complexity index is 778. The first-order valence-electron chi connectivity index (χ1n) is 8.76. The van der Waals surface area contributed by atoms with Crippen LogP contribution in [0.5, 0.6) is 0 Å². The molecule has 1 aliphatic rings. The van der Waals surface area contributed by atoms with Gasteiger partial charge in [-0.25, -0.2) is 8.78 Å². The van der Waals surface area contributed by atoms with E-state index in [1.165, 1.54) is 12.1 Å². The number of hydrogen-bond acceptors (Lipinski definition) is 4. The van der Waals surface area contributed by atoms with Crippen LogP contribution >= 0.6 is 0 Å². The summed E-state index contributed by atoms with van der Waals surface area (Å²) in [5.74, 6) is -0.430. The van der Waals surface area contributed by atoms with Gasteiger partial charge in [0.05, 0.1) is 12.2 Å². The van der Waals surface area contributed by atoms with Crippen LogP contribution in [0.1, 0.15) is 36.3 Å². The fourth-order valence-corrected chi connectivity index (χ4v) is 3.35. The van der Waals surface area contributed by atoms with Gasteiger partial charge in [-0.3, -0.25) is 9.69 Å². The Morgan fingerprint density at radius 1 is 1.31 bits per heavy atom. The minimum atomic E-state index is -0.614. The van der Waals surface area contributed by atoms with Gasteiger partial charge in [-0.2, -0.15) is 0 Å². The number of halogens is 2. The van der Waals surface area contributed by atoms with Crippen LogP contribution in [0.25, 0.3) is 0 Å². The molecule has 2 aromatic rings. The van der Waals surface area contributed by atoms with Gasteiger partial charge < -0.3 is 9.42 Å². The number of hydrogen-bond donors (Lipinski definition) is 0. The lowest BCUT2D eigenvalue weighted by atomic mass is 10.1. The van der Waals surface area contributed by atoms with Gasteiger partial charge in [0.1, 0.15) is 11.6 Å². The molecule has 0 saturated carbocycles. The molecule has 1 amide bonds. The van der Waals surface area contributed by atoms with Gasteiger partial charge >= 0.3 is 0 Å². The van der Waals surface area contributed by atoms with Crippen molar-refractivity contribution in [2.24, 2.45) is 0 Å². The maximum atomic E-state index is 13.9. The minimum absolute atomic E-state index is 0.000125. The van der Waals surface area contributed by atoms with Crippen molar-refractivity contribution < 1.29 is 18.1 Å². The number of carbonyl (C=O) groups excluding carboxylic acids is 1. The molecule has 1 unspecified atom stereocenters. The van der Waals surface area contributed by atoms with Crippen LogP contribution in [0.4, 0.5) is 8.78 Å². The second kappa shape index (κ2) is 7.95. The molecule has 1 aromatic heterocycles. The van der Waals surface area contributed by atoms with Gasteiger partial charge in [-0.15, -0.1) is 0 Å². The Hall–Kier alpha value is -2.28. The minimum Gasteiger partial charge on any atom is -0.360 e. The molecule has 5 nitrogen and oxygen atoms in total. The van der Waals surface area contributed by atoms with E-state index >= 15 is 0 Å². The number of likely N-dealkylation sites (tertiary alicyclic amines) is 1. The molecule has 0 radical (unpaired) electrons. The molecule has 1 atom stereocenters. The van der Waals surface area contributed by atoms with Crippen molar-refractivity contribution in [1.82, 2.24) is 15.0 Å². The molecule has 140 valence electrons. The Balaban J connectivity index is 1.61. The first-order valence-corrected chi connectivity index (χ1v) is 8.76. The van der Waals surface area contributed by atoms with Gasteiger partial charge in [0.2, 0.25) is 5.91 Å². The molecular formula is C19H23F2N3O2. The number of amides is 1. The van der Waals surface area contributed by atoms with Crippen molar-refractivity contribution in [2.45, 2.75) is 45.3 Å². The molecule has 1 aliphatic heterocycles. The molecular weight excluding hydrogens is 340 g/mol. The van der Waals surface area contributed by atoms with Gasteiger partial charge in [0, 0.05) is 43.2 Å². The molecule has 2 heterocycles. The number of rotatable bonds is 5. The van der Waals surface area contributed by atoms with E-state index in [9.17, 15) is 13.6 Å². The van der Waals surface area contributed by atoms with E-state index < -0.39 is 11.6 Å². The summed E-state index contributed by atoms with van der Waals surface area (Å²) in [6.45, 7) is 3.22. The zero-order valence-corrected chi connectivity index (χ0v) is 15.0. The summed E-state index contributed by atoms with van der Waals surface area (Å²) < 4.78 is 32.2. The average molecular weight is 363 g/mol. The third-order valence-electron chi connectivity index (χ3n) is 4.86. The standard InChI is InChI=1S/C19H23F2N3O2/c1-13-9-17(26-22-13)12-23(2)16-5-6-19(25)24(8-7-16)11-14-3-4-15(20)10-18(14)21/h3-4,9-10,16H,5-8,11-12H2,1-2H3. The molecule has 1 fully saturated rings. The number of benzene rings is 1. The summed E-state index contributed by atoms with van der Waals surface area (Å²) in [6.07, 6.45) is 1.94. The van der Waals surface area contributed by atoms with Crippen molar-refractivity contribution in [3.63, 3.8) is 0 Å². The number of aryl methyl sites for hydroxylation is 1. The number of aromatic nitrogens is 1. The quantitative estimate of drug-likeness (QED) is 0.818. The highest BCUT2D eigenvalue weighted by Crippen LogP contribution is 2.21. The number of nitrogens with zero attached hydrogens (tertiary/aromatic N) is 3. The molecule has 1 aromatic carbocycles. The lowest BCUT2D eigenvalue weighted by molar-refractivity contribution is -0.131.